The van der Waals surface area contributed by atoms with E-state index in [4.69, 9.17) is 9.47 Å². The molecule has 0 heterocycles. The van der Waals surface area contributed by atoms with Crippen LogP contribution in [0.1, 0.15) is 32.6 Å². The smallest absolute Gasteiger partial charge is 0.214 e. The Balaban J connectivity index is 2.65. The van der Waals surface area contributed by atoms with Crippen LogP contribution in [0.5, 0.6) is 0 Å². The van der Waals surface area contributed by atoms with Gasteiger partial charge >= 0.3 is 0 Å². The number of hydrogen-bond acceptors (Lipinski definition) is 8. The number of aliphatic hydroxyl groups excluding tert-OH is 2. The number of rotatable bonds is 10. The molecule has 0 aromatic carbocycles. The second kappa shape index (κ2) is 12.7. The number of hydrogen-bond donors (Lipinski definition) is 5. The maximum Gasteiger partial charge on any atom is 0.214 e. The molecule has 0 aromatic rings. The van der Waals surface area contributed by atoms with Crippen LogP contribution in [0.3, 0.4) is 0 Å². The highest BCUT2D eigenvalue weighted by Gasteiger charge is 2.42. The fraction of sp³-hybridized carbons (Fsp3) is 0.550. The van der Waals surface area contributed by atoms with Crippen LogP contribution in [-0.2, 0) is 14.3 Å². The van der Waals surface area contributed by atoms with Crippen LogP contribution in [0, 0.1) is 5.92 Å². The Kier molecular flexibility index (Phi) is 11.4. The van der Waals surface area contributed by atoms with E-state index in [1.807, 2.05) is 18.2 Å². The zero-order valence-corrected chi connectivity index (χ0v) is 19.1. The summed E-state index contributed by atoms with van der Waals surface area (Å²) in [5.74, 6) is -0.546. The molecule has 0 aromatic heterocycles. The molecule has 158 valence electrons. The Morgan fingerprint density at radius 3 is 2.46 bits per heavy atom. The van der Waals surface area contributed by atoms with Gasteiger partial charge in [-0.3, -0.25) is 4.79 Å². The third-order valence-corrected chi connectivity index (χ3v) is 5.76. The van der Waals surface area contributed by atoms with Gasteiger partial charge in [0.2, 0.25) is 11.5 Å². The molecule has 0 radical (unpaired) electrons. The van der Waals surface area contributed by atoms with E-state index in [0.717, 1.165) is 22.7 Å². The van der Waals surface area contributed by atoms with E-state index in [-0.39, 0.29) is 17.3 Å². The van der Waals surface area contributed by atoms with E-state index in [0.29, 0.717) is 12.8 Å². The standard InChI is InChI=1S/C20H30O5S3/c1-12(21)6-4-7-13(26)8-5-9-14(27)10-11-15-16(22)18(24-2)19(25-3)17(23)20(15)28/h4,6,8,10,12,15-16,20-22,26-28H,5,7,9,11H2,1-3H3/b6-4+,13-8-,14-10-/t12-,15+,16-,20-/m1/s1. The van der Waals surface area contributed by atoms with Crippen LogP contribution >= 0.6 is 37.9 Å². The zero-order valence-electron chi connectivity index (χ0n) is 16.4. The van der Waals surface area contributed by atoms with Crippen molar-refractivity contribution in [3.63, 3.8) is 0 Å². The molecule has 2 N–H and O–H groups in total. The van der Waals surface area contributed by atoms with Gasteiger partial charge in [-0.1, -0.05) is 24.3 Å². The average Bonchev–Trinajstić information content (AvgIpc) is 2.64. The summed E-state index contributed by atoms with van der Waals surface area (Å²) < 4.78 is 10.2. The van der Waals surface area contributed by atoms with E-state index in [2.05, 4.69) is 37.9 Å². The number of carbonyl (C=O) groups is 1. The molecule has 8 heteroatoms. The summed E-state index contributed by atoms with van der Waals surface area (Å²) in [7, 11) is 2.77. The molecule has 0 unspecified atom stereocenters. The van der Waals surface area contributed by atoms with Gasteiger partial charge in [0.25, 0.3) is 0 Å². The first-order chi connectivity index (χ1) is 13.2. The van der Waals surface area contributed by atoms with Crippen LogP contribution in [0.25, 0.3) is 0 Å². The predicted molar refractivity (Wildman–Crippen MR) is 122 cm³/mol. The van der Waals surface area contributed by atoms with E-state index < -0.39 is 23.4 Å². The quantitative estimate of drug-likeness (QED) is 0.262. The summed E-state index contributed by atoms with van der Waals surface area (Å²) in [4.78, 5) is 14.2. The SMILES string of the molecule is COC1=C(OC)[C@H](O)[C@H](C/C=C(\S)CC/C=C(\S)C/C=C/[C@@H](C)O)[C@@H](S)C1=O. The van der Waals surface area contributed by atoms with Crippen molar-refractivity contribution in [1.29, 1.82) is 0 Å². The van der Waals surface area contributed by atoms with E-state index in [1.54, 1.807) is 13.0 Å². The summed E-state index contributed by atoms with van der Waals surface area (Å²) in [5.41, 5.74) is 0. The van der Waals surface area contributed by atoms with Crippen LogP contribution in [0.2, 0.25) is 0 Å². The van der Waals surface area contributed by atoms with Crippen molar-refractivity contribution in [2.45, 2.75) is 50.1 Å². The van der Waals surface area contributed by atoms with Gasteiger partial charge < -0.3 is 19.7 Å². The first-order valence-corrected chi connectivity index (χ1v) is 10.5. The van der Waals surface area contributed by atoms with Gasteiger partial charge in [-0.15, -0.1) is 25.3 Å². The summed E-state index contributed by atoms with van der Waals surface area (Å²) in [6.45, 7) is 1.70. The lowest BCUT2D eigenvalue weighted by molar-refractivity contribution is -0.122. The third-order valence-electron chi connectivity index (χ3n) is 4.37. The van der Waals surface area contributed by atoms with E-state index in [9.17, 15) is 15.0 Å². The summed E-state index contributed by atoms with van der Waals surface area (Å²) in [6, 6.07) is 0. The number of ketones is 1. The van der Waals surface area contributed by atoms with Crippen LogP contribution in [0.4, 0.5) is 0 Å². The number of Topliss-reactive ketones (excluding diaryl/α,β-unsaturated/α-hetero) is 1. The first-order valence-electron chi connectivity index (χ1n) is 9.06. The Morgan fingerprint density at radius 1 is 1.21 bits per heavy atom. The van der Waals surface area contributed by atoms with Crippen molar-refractivity contribution >= 4 is 43.7 Å². The molecule has 0 saturated heterocycles. The lowest BCUT2D eigenvalue weighted by atomic mass is 9.85. The maximum atomic E-state index is 12.4. The molecule has 1 aliphatic carbocycles. The van der Waals surface area contributed by atoms with E-state index >= 15 is 0 Å². The highest BCUT2D eigenvalue weighted by Crippen LogP contribution is 2.34. The van der Waals surface area contributed by atoms with Crippen molar-refractivity contribution in [2.24, 2.45) is 5.92 Å². The second-order valence-electron chi connectivity index (χ2n) is 6.56. The van der Waals surface area contributed by atoms with Crippen LogP contribution in [0.15, 0.2) is 45.6 Å². The Hall–Kier alpha value is -0.800. The molecule has 1 rings (SSSR count). The van der Waals surface area contributed by atoms with Gasteiger partial charge in [0.1, 0.15) is 6.10 Å². The molecule has 1 aliphatic rings. The van der Waals surface area contributed by atoms with Gasteiger partial charge in [-0.25, -0.2) is 0 Å². The summed E-state index contributed by atoms with van der Waals surface area (Å²) >= 11 is 13.3. The summed E-state index contributed by atoms with van der Waals surface area (Å²) in [5, 5.41) is 19.0. The molecule has 0 bridgehead atoms. The number of allylic oxidation sites excluding steroid dienone is 6. The van der Waals surface area contributed by atoms with Crippen LogP contribution in [-0.4, -0.2) is 47.7 Å². The fourth-order valence-corrected chi connectivity index (χ4v) is 3.72. The Labute approximate surface area is 183 Å². The van der Waals surface area contributed by atoms with E-state index in [1.165, 1.54) is 14.2 Å². The van der Waals surface area contributed by atoms with Gasteiger partial charge in [-0.2, -0.15) is 12.6 Å². The molecule has 0 spiro atoms. The molecule has 28 heavy (non-hydrogen) atoms. The Bertz CT molecular complexity index is 652. The lowest BCUT2D eigenvalue weighted by Crippen LogP contribution is -2.42. The minimum atomic E-state index is -0.970. The molecular weight excluding hydrogens is 416 g/mol. The van der Waals surface area contributed by atoms with Crippen LogP contribution < -0.4 is 0 Å². The molecule has 5 nitrogen and oxygen atoms in total. The molecule has 4 atom stereocenters. The third kappa shape index (κ3) is 7.55. The maximum absolute atomic E-state index is 12.4. The van der Waals surface area contributed by atoms with Gasteiger partial charge in [0.05, 0.1) is 25.6 Å². The minimum Gasteiger partial charge on any atom is -0.494 e. The number of thiol groups is 3. The highest BCUT2D eigenvalue weighted by molar-refractivity contribution is 7.84. The normalized spacial score (nSPS) is 25.4. The van der Waals surface area contributed by atoms with Crippen molar-refractivity contribution in [3.05, 3.63) is 45.6 Å². The van der Waals surface area contributed by atoms with Crippen molar-refractivity contribution in [3.8, 4) is 0 Å². The van der Waals surface area contributed by atoms with Crippen molar-refractivity contribution in [2.75, 3.05) is 14.2 Å². The highest BCUT2D eigenvalue weighted by atomic mass is 32.1. The number of ether oxygens (including phenoxy) is 2. The minimum absolute atomic E-state index is 0.0254. The lowest BCUT2D eigenvalue weighted by Gasteiger charge is -2.33. The number of aliphatic hydroxyl groups is 2. The predicted octanol–water partition coefficient (Wildman–Crippen LogP) is 3.47. The molecule has 0 aliphatic heterocycles. The molecule has 0 saturated carbocycles. The topological polar surface area (TPSA) is 76.0 Å². The summed E-state index contributed by atoms with van der Waals surface area (Å²) in [6.07, 6.45) is 8.68. The number of carbonyl (C=O) groups excluding carboxylic acids is 1. The second-order valence-corrected chi connectivity index (χ2v) is 8.26. The molecular formula is C20H30O5S3. The van der Waals surface area contributed by atoms with Crippen molar-refractivity contribution < 1.29 is 24.5 Å². The number of methoxy groups -OCH3 is 2. The fourth-order valence-electron chi connectivity index (χ4n) is 2.85. The first kappa shape index (κ1) is 25.2. The van der Waals surface area contributed by atoms with Gasteiger partial charge in [-0.05, 0) is 42.4 Å². The van der Waals surface area contributed by atoms with Gasteiger partial charge in [0.15, 0.2) is 5.76 Å². The Morgan fingerprint density at radius 2 is 1.89 bits per heavy atom. The van der Waals surface area contributed by atoms with Crippen molar-refractivity contribution in [1.82, 2.24) is 0 Å². The molecule has 0 amide bonds. The average molecular weight is 447 g/mol. The molecule has 0 fully saturated rings. The largest absolute Gasteiger partial charge is 0.494 e. The zero-order chi connectivity index (χ0) is 21.3. The van der Waals surface area contributed by atoms with Gasteiger partial charge in [0, 0.05) is 5.92 Å². The monoisotopic (exact) mass is 446 g/mol.